The summed E-state index contributed by atoms with van der Waals surface area (Å²) >= 11 is 0. The van der Waals surface area contributed by atoms with E-state index in [-0.39, 0.29) is 0 Å². The Morgan fingerprint density at radius 2 is 2.08 bits per heavy atom. The molecule has 0 saturated carbocycles. The van der Waals surface area contributed by atoms with Crippen molar-refractivity contribution in [3.05, 3.63) is 0 Å². The van der Waals surface area contributed by atoms with Crippen molar-refractivity contribution in [1.82, 2.24) is 5.32 Å². The van der Waals surface area contributed by atoms with Crippen molar-refractivity contribution in [2.75, 3.05) is 0 Å². The number of aliphatic hydroxyl groups excluding tert-OH is 1. The van der Waals surface area contributed by atoms with E-state index >= 15 is 0 Å². The van der Waals surface area contributed by atoms with Gasteiger partial charge in [-0.3, -0.25) is 4.79 Å². The van der Waals surface area contributed by atoms with Gasteiger partial charge in [0.2, 0.25) is 5.91 Å². The summed E-state index contributed by atoms with van der Waals surface area (Å²) in [5, 5.41) is 11.2. The van der Waals surface area contributed by atoms with E-state index in [1.165, 1.54) is 13.8 Å². The molecular weight excluding hydrogens is 160 g/mol. The molecule has 0 aromatic carbocycles. The van der Waals surface area contributed by atoms with E-state index in [0.717, 1.165) is 0 Å². The zero-order valence-corrected chi connectivity index (χ0v) is 7.15. The average molecular weight is 174 g/mol. The summed E-state index contributed by atoms with van der Waals surface area (Å²) in [5.74, 6) is -0.451. The number of nitrogens with one attached hydrogen (secondary N) is 1. The van der Waals surface area contributed by atoms with Crippen LogP contribution in [0.3, 0.4) is 0 Å². The van der Waals surface area contributed by atoms with E-state index in [0.29, 0.717) is 6.29 Å². The molecule has 5 nitrogen and oxygen atoms in total. The van der Waals surface area contributed by atoms with Crippen LogP contribution in [0.15, 0.2) is 0 Å². The van der Waals surface area contributed by atoms with Gasteiger partial charge in [-0.1, -0.05) is 0 Å². The summed E-state index contributed by atoms with van der Waals surface area (Å²) in [6.07, 6.45) is -0.421. The van der Waals surface area contributed by atoms with Gasteiger partial charge in [0.25, 0.3) is 0 Å². The number of hydrogen-bond acceptors (Lipinski definition) is 4. The van der Waals surface area contributed by atoms with Gasteiger partial charge in [0.1, 0.15) is 12.3 Å². The fourth-order valence-corrected chi connectivity index (χ4v) is 0.564. The van der Waals surface area contributed by atoms with Crippen molar-refractivity contribution in [2.45, 2.75) is 32.0 Å². The molecule has 0 radical (unpaired) electrons. The van der Waals surface area contributed by atoms with Crippen LogP contribution in [0.1, 0.15) is 13.8 Å². The van der Waals surface area contributed by atoms with Gasteiger partial charge in [0, 0.05) is 0 Å². The number of aldehydes is 1. The van der Waals surface area contributed by atoms with Gasteiger partial charge in [0.15, 0.2) is 0 Å². The molecule has 0 aromatic heterocycles. The van der Waals surface area contributed by atoms with Crippen molar-refractivity contribution in [2.24, 2.45) is 5.73 Å². The lowest BCUT2D eigenvalue weighted by molar-refractivity contribution is -0.126. The molecule has 0 aromatic rings. The minimum atomic E-state index is -0.898. The monoisotopic (exact) mass is 174 g/mol. The highest BCUT2D eigenvalue weighted by molar-refractivity contribution is 5.83. The molecule has 5 heteroatoms. The lowest BCUT2D eigenvalue weighted by Crippen LogP contribution is -2.48. The van der Waals surface area contributed by atoms with Crippen LogP contribution in [0.4, 0.5) is 0 Å². The summed E-state index contributed by atoms with van der Waals surface area (Å²) in [6.45, 7) is 2.92. The Hall–Kier alpha value is -0.940. The molecule has 1 unspecified atom stereocenters. The highest BCUT2D eigenvalue weighted by atomic mass is 16.3. The average Bonchev–Trinajstić information content (AvgIpc) is 1.98. The van der Waals surface area contributed by atoms with E-state index < -0.39 is 24.1 Å². The molecule has 12 heavy (non-hydrogen) atoms. The van der Waals surface area contributed by atoms with Crippen LogP contribution in [0, 0.1) is 0 Å². The van der Waals surface area contributed by atoms with Crippen LogP contribution in [0.2, 0.25) is 0 Å². The first kappa shape index (κ1) is 11.1. The van der Waals surface area contributed by atoms with Gasteiger partial charge >= 0.3 is 0 Å². The highest BCUT2D eigenvalue weighted by Crippen LogP contribution is 1.89. The van der Waals surface area contributed by atoms with Crippen LogP contribution in [-0.2, 0) is 9.59 Å². The third-order valence-corrected chi connectivity index (χ3v) is 1.39. The second-order valence-corrected chi connectivity index (χ2v) is 2.70. The molecule has 0 aliphatic rings. The Morgan fingerprint density at radius 3 is 2.33 bits per heavy atom. The SMILES string of the molecule is CC(O)[C@@H](C=O)NC(=O)[C@H](C)N. The Labute approximate surface area is 70.9 Å². The summed E-state index contributed by atoms with van der Waals surface area (Å²) < 4.78 is 0. The van der Waals surface area contributed by atoms with Crippen molar-refractivity contribution in [3.63, 3.8) is 0 Å². The van der Waals surface area contributed by atoms with E-state index in [9.17, 15) is 9.59 Å². The molecule has 0 aliphatic carbocycles. The lowest BCUT2D eigenvalue weighted by atomic mass is 10.2. The van der Waals surface area contributed by atoms with Gasteiger partial charge in [-0.25, -0.2) is 0 Å². The highest BCUT2D eigenvalue weighted by Gasteiger charge is 2.17. The molecule has 0 fully saturated rings. The first-order valence-corrected chi connectivity index (χ1v) is 3.68. The smallest absolute Gasteiger partial charge is 0.237 e. The maximum absolute atomic E-state index is 10.9. The van der Waals surface area contributed by atoms with Gasteiger partial charge in [0.05, 0.1) is 12.1 Å². The number of aliphatic hydroxyl groups is 1. The zero-order valence-electron chi connectivity index (χ0n) is 7.15. The van der Waals surface area contributed by atoms with Gasteiger partial charge < -0.3 is 21.0 Å². The Bertz CT molecular complexity index is 168. The number of amides is 1. The van der Waals surface area contributed by atoms with Crippen molar-refractivity contribution < 1.29 is 14.7 Å². The topological polar surface area (TPSA) is 92.4 Å². The van der Waals surface area contributed by atoms with Gasteiger partial charge in [-0.15, -0.1) is 0 Å². The third kappa shape index (κ3) is 3.45. The van der Waals surface area contributed by atoms with Crippen LogP contribution >= 0.6 is 0 Å². The molecule has 0 aliphatic heterocycles. The summed E-state index contributed by atoms with van der Waals surface area (Å²) in [7, 11) is 0. The summed E-state index contributed by atoms with van der Waals surface area (Å²) in [5.41, 5.74) is 5.23. The second kappa shape index (κ2) is 4.84. The molecule has 0 bridgehead atoms. The first-order chi connectivity index (χ1) is 5.49. The number of nitrogens with two attached hydrogens (primary N) is 1. The fraction of sp³-hybridized carbons (Fsp3) is 0.714. The second-order valence-electron chi connectivity index (χ2n) is 2.70. The predicted octanol–water partition coefficient (Wildman–Crippen LogP) is -1.60. The standard InChI is InChI=1S/C7H14N2O3/c1-4(8)7(12)9-6(3-10)5(2)11/h3-6,11H,8H2,1-2H3,(H,9,12)/t4-,5?,6+/m0/s1. The lowest BCUT2D eigenvalue weighted by Gasteiger charge is -2.16. The van der Waals surface area contributed by atoms with Crippen molar-refractivity contribution in [3.8, 4) is 0 Å². The number of rotatable bonds is 4. The quantitative estimate of drug-likeness (QED) is 0.447. The summed E-state index contributed by atoms with van der Waals surface area (Å²) in [6, 6.07) is -1.55. The van der Waals surface area contributed by atoms with Crippen LogP contribution in [-0.4, -0.2) is 35.5 Å². The minimum Gasteiger partial charge on any atom is -0.391 e. The van der Waals surface area contributed by atoms with Crippen LogP contribution < -0.4 is 11.1 Å². The molecule has 4 N–H and O–H groups in total. The van der Waals surface area contributed by atoms with Gasteiger partial charge in [-0.2, -0.15) is 0 Å². The number of carbonyl (C=O) groups is 2. The van der Waals surface area contributed by atoms with Crippen LogP contribution in [0.5, 0.6) is 0 Å². The fourth-order valence-electron chi connectivity index (χ4n) is 0.564. The Kier molecular flexibility index (Phi) is 4.46. The molecule has 0 spiro atoms. The van der Waals surface area contributed by atoms with Crippen molar-refractivity contribution in [1.29, 1.82) is 0 Å². The summed E-state index contributed by atoms with van der Waals surface area (Å²) in [4.78, 5) is 21.2. The molecule has 0 heterocycles. The molecule has 1 amide bonds. The first-order valence-electron chi connectivity index (χ1n) is 3.68. The third-order valence-electron chi connectivity index (χ3n) is 1.39. The molecular formula is C7H14N2O3. The van der Waals surface area contributed by atoms with Gasteiger partial charge in [-0.05, 0) is 13.8 Å². The van der Waals surface area contributed by atoms with E-state index in [4.69, 9.17) is 10.8 Å². The zero-order chi connectivity index (χ0) is 9.72. The Morgan fingerprint density at radius 1 is 1.58 bits per heavy atom. The van der Waals surface area contributed by atoms with Crippen molar-refractivity contribution >= 4 is 12.2 Å². The minimum absolute atomic E-state index is 0.451. The van der Waals surface area contributed by atoms with Crippen LogP contribution in [0.25, 0.3) is 0 Å². The molecule has 0 rings (SSSR count). The maximum Gasteiger partial charge on any atom is 0.237 e. The van der Waals surface area contributed by atoms with E-state index in [1.54, 1.807) is 0 Å². The largest absolute Gasteiger partial charge is 0.391 e. The predicted molar refractivity (Wildman–Crippen MR) is 43.3 cm³/mol. The Balaban J connectivity index is 4.03. The molecule has 0 saturated heterocycles. The normalized spacial score (nSPS) is 17.7. The van der Waals surface area contributed by atoms with E-state index in [2.05, 4.69) is 5.32 Å². The maximum atomic E-state index is 10.9. The number of hydrogen-bond donors (Lipinski definition) is 3. The van der Waals surface area contributed by atoms with E-state index in [1.807, 2.05) is 0 Å². The molecule has 3 atom stereocenters. The number of carbonyl (C=O) groups excluding carboxylic acids is 2. The molecule has 70 valence electrons.